The van der Waals surface area contributed by atoms with Crippen molar-refractivity contribution in [2.75, 3.05) is 12.8 Å². The number of rotatable bonds is 6. The SMILES string of the molecule is CCC(C(=O)O)N(C)C(=O)CSc1cccs1. The second kappa shape index (κ2) is 6.66. The number of thiophene rings is 1. The fourth-order valence-electron chi connectivity index (χ4n) is 1.37. The Labute approximate surface area is 109 Å². The average Bonchev–Trinajstić information content (AvgIpc) is 2.78. The van der Waals surface area contributed by atoms with Gasteiger partial charge in [0.15, 0.2) is 0 Å². The molecule has 0 saturated heterocycles. The minimum Gasteiger partial charge on any atom is -0.480 e. The van der Waals surface area contributed by atoms with Crippen LogP contribution in [0.4, 0.5) is 0 Å². The lowest BCUT2D eigenvalue weighted by Crippen LogP contribution is -2.42. The first-order valence-electron chi connectivity index (χ1n) is 5.21. The standard InChI is InChI=1S/C11H15NO3S2/c1-3-8(11(14)15)12(2)9(13)7-17-10-5-4-6-16-10/h4-6,8H,3,7H2,1-2H3,(H,14,15). The van der Waals surface area contributed by atoms with Gasteiger partial charge in [-0.2, -0.15) is 0 Å². The maximum Gasteiger partial charge on any atom is 0.326 e. The summed E-state index contributed by atoms with van der Waals surface area (Å²) in [6.45, 7) is 1.76. The Morgan fingerprint density at radius 1 is 1.59 bits per heavy atom. The third-order valence-corrected chi connectivity index (χ3v) is 4.48. The maximum absolute atomic E-state index is 11.8. The molecule has 1 aromatic heterocycles. The van der Waals surface area contributed by atoms with Crippen molar-refractivity contribution in [1.82, 2.24) is 4.90 Å². The smallest absolute Gasteiger partial charge is 0.326 e. The van der Waals surface area contributed by atoms with Crippen molar-refractivity contribution in [2.45, 2.75) is 23.6 Å². The molecule has 0 aliphatic rings. The molecule has 1 heterocycles. The molecule has 0 bridgehead atoms. The van der Waals surface area contributed by atoms with Gasteiger partial charge in [-0.3, -0.25) is 4.79 Å². The highest BCUT2D eigenvalue weighted by Crippen LogP contribution is 2.23. The van der Waals surface area contributed by atoms with Gasteiger partial charge in [0.1, 0.15) is 6.04 Å². The first kappa shape index (κ1) is 14.1. The Hall–Kier alpha value is -1.01. The third-order valence-electron chi connectivity index (χ3n) is 2.37. The number of aliphatic carboxylic acids is 1. The van der Waals surface area contributed by atoms with E-state index in [9.17, 15) is 9.59 Å². The molecule has 0 aromatic carbocycles. The predicted molar refractivity (Wildman–Crippen MR) is 69.5 cm³/mol. The number of carboxylic acid groups (broad SMARTS) is 1. The lowest BCUT2D eigenvalue weighted by molar-refractivity contribution is -0.148. The van der Waals surface area contributed by atoms with E-state index in [1.807, 2.05) is 17.5 Å². The molecule has 0 radical (unpaired) electrons. The Kier molecular flexibility index (Phi) is 5.50. The molecular weight excluding hydrogens is 258 g/mol. The van der Waals surface area contributed by atoms with E-state index in [4.69, 9.17) is 5.11 Å². The van der Waals surface area contributed by atoms with Crippen molar-refractivity contribution >= 4 is 35.0 Å². The van der Waals surface area contributed by atoms with Crippen LogP contribution in [0.25, 0.3) is 0 Å². The Morgan fingerprint density at radius 3 is 2.76 bits per heavy atom. The van der Waals surface area contributed by atoms with Crippen molar-refractivity contribution in [2.24, 2.45) is 0 Å². The topological polar surface area (TPSA) is 57.6 Å². The van der Waals surface area contributed by atoms with Crippen molar-refractivity contribution in [3.05, 3.63) is 17.5 Å². The molecule has 0 fully saturated rings. The van der Waals surface area contributed by atoms with Crippen molar-refractivity contribution in [3.8, 4) is 0 Å². The zero-order chi connectivity index (χ0) is 12.8. The number of likely N-dealkylation sites (N-methyl/N-ethyl adjacent to an activating group) is 1. The van der Waals surface area contributed by atoms with Crippen LogP contribution in [0.5, 0.6) is 0 Å². The number of carbonyl (C=O) groups is 2. The second-order valence-corrected chi connectivity index (χ2v) is 5.71. The van der Waals surface area contributed by atoms with E-state index in [1.165, 1.54) is 16.7 Å². The van der Waals surface area contributed by atoms with E-state index in [2.05, 4.69) is 0 Å². The number of nitrogens with zero attached hydrogens (tertiary/aromatic N) is 1. The number of carboxylic acids is 1. The first-order chi connectivity index (χ1) is 8.06. The van der Waals surface area contributed by atoms with E-state index < -0.39 is 12.0 Å². The molecule has 1 rings (SSSR count). The molecular formula is C11H15NO3S2. The van der Waals surface area contributed by atoms with Crippen LogP contribution in [0.1, 0.15) is 13.3 Å². The number of thioether (sulfide) groups is 1. The van der Waals surface area contributed by atoms with E-state index in [1.54, 1.807) is 25.3 Å². The second-order valence-electron chi connectivity index (χ2n) is 3.49. The zero-order valence-corrected chi connectivity index (χ0v) is 11.4. The average molecular weight is 273 g/mol. The summed E-state index contributed by atoms with van der Waals surface area (Å²) in [6, 6.07) is 3.14. The minimum atomic E-state index is -0.954. The van der Waals surface area contributed by atoms with E-state index in [0.717, 1.165) is 4.21 Å². The monoisotopic (exact) mass is 273 g/mol. The molecule has 0 spiro atoms. The highest BCUT2D eigenvalue weighted by atomic mass is 32.2. The molecule has 1 atom stereocenters. The Bertz CT molecular complexity index is 378. The normalized spacial score (nSPS) is 12.1. The lowest BCUT2D eigenvalue weighted by Gasteiger charge is -2.23. The van der Waals surface area contributed by atoms with Gasteiger partial charge in [0.25, 0.3) is 0 Å². The molecule has 6 heteroatoms. The van der Waals surface area contributed by atoms with Gasteiger partial charge >= 0.3 is 5.97 Å². The molecule has 94 valence electrons. The van der Waals surface area contributed by atoms with Gasteiger partial charge in [-0.05, 0) is 17.9 Å². The van der Waals surface area contributed by atoms with Crippen molar-refractivity contribution < 1.29 is 14.7 Å². The summed E-state index contributed by atoms with van der Waals surface area (Å²) in [6.07, 6.45) is 0.418. The highest BCUT2D eigenvalue weighted by Gasteiger charge is 2.24. The van der Waals surface area contributed by atoms with Crippen molar-refractivity contribution in [3.63, 3.8) is 0 Å². The summed E-state index contributed by atoms with van der Waals surface area (Å²) in [5.41, 5.74) is 0. The van der Waals surface area contributed by atoms with E-state index in [0.29, 0.717) is 6.42 Å². The van der Waals surface area contributed by atoms with Gasteiger partial charge in [-0.15, -0.1) is 23.1 Å². The van der Waals surface area contributed by atoms with Crippen LogP contribution in [0, 0.1) is 0 Å². The van der Waals surface area contributed by atoms with Gasteiger partial charge in [0.2, 0.25) is 5.91 Å². The number of amides is 1. The summed E-state index contributed by atoms with van der Waals surface area (Å²) >= 11 is 3.01. The molecule has 4 nitrogen and oxygen atoms in total. The van der Waals surface area contributed by atoms with Crippen LogP contribution in [0.3, 0.4) is 0 Å². The van der Waals surface area contributed by atoms with Crippen LogP contribution in [0.15, 0.2) is 21.7 Å². The third kappa shape index (κ3) is 4.05. The maximum atomic E-state index is 11.8. The molecule has 1 N–H and O–H groups in total. The summed E-state index contributed by atoms with van der Waals surface area (Å²) in [4.78, 5) is 24.0. The van der Waals surface area contributed by atoms with Gasteiger partial charge in [0, 0.05) is 7.05 Å². The fraction of sp³-hybridized carbons (Fsp3) is 0.455. The minimum absolute atomic E-state index is 0.155. The Morgan fingerprint density at radius 2 is 2.29 bits per heavy atom. The zero-order valence-electron chi connectivity index (χ0n) is 9.75. The van der Waals surface area contributed by atoms with Gasteiger partial charge in [-0.25, -0.2) is 4.79 Å². The lowest BCUT2D eigenvalue weighted by atomic mass is 10.2. The summed E-state index contributed by atoms with van der Waals surface area (Å²) in [5.74, 6) is -0.831. The Balaban J connectivity index is 2.49. The molecule has 0 aliphatic carbocycles. The largest absolute Gasteiger partial charge is 0.480 e. The van der Waals surface area contributed by atoms with E-state index >= 15 is 0 Å². The van der Waals surface area contributed by atoms with Crippen LogP contribution in [0.2, 0.25) is 0 Å². The van der Waals surface area contributed by atoms with Gasteiger partial charge in [-0.1, -0.05) is 13.0 Å². The van der Waals surface area contributed by atoms with Crippen molar-refractivity contribution in [1.29, 1.82) is 0 Å². The molecule has 0 aliphatic heterocycles. The fourth-order valence-corrected chi connectivity index (χ4v) is 3.08. The highest BCUT2D eigenvalue weighted by molar-refractivity contribution is 8.01. The molecule has 17 heavy (non-hydrogen) atoms. The number of hydrogen-bond donors (Lipinski definition) is 1. The number of carbonyl (C=O) groups excluding carboxylic acids is 1. The van der Waals surface area contributed by atoms with Gasteiger partial charge in [0.05, 0.1) is 9.96 Å². The van der Waals surface area contributed by atoms with E-state index in [-0.39, 0.29) is 11.7 Å². The summed E-state index contributed by atoms with van der Waals surface area (Å²) < 4.78 is 1.06. The molecule has 1 aromatic rings. The molecule has 0 saturated carbocycles. The van der Waals surface area contributed by atoms with Crippen LogP contribution in [-0.4, -0.2) is 40.7 Å². The van der Waals surface area contributed by atoms with Gasteiger partial charge < -0.3 is 10.0 Å². The predicted octanol–water partition coefficient (Wildman–Crippen LogP) is 2.16. The summed E-state index contributed by atoms with van der Waals surface area (Å²) in [5, 5.41) is 10.9. The molecule has 1 amide bonds. The first-order valence-corrected chi connectivity index (χ1v) is 7.07. The number of hydrogen-bond acceptors (Lipinski definition) is 4. The van der Waals surface area contributed by atoms with Crippen LogP contribution in [-0.2, 0) is 9.59 Å². The quantitative estimate of drug-likeness (QED) is 0.807. The van der Waals surface area contributed by atoms with Crippen LogP contribution >= 0.6 is 23.1 Å². The van der Waals surface area contributed by atoms with Crippen LogP contribution < -0.4 is 0 Å². The summed E-state index contributed by atoms with van der Waals surface area (Å²) in [7, 11) is 1.54. The molecule has 1 unspecified atom stereocenters.